The molecular formula is C19H18N4. The van der Waals surface area contributed by atoms with E-state index in [1.54, 1.807) is 6.20 Å². The molecule has 0 saturated heterocycles. The minimum absolute atomic E-state index is 0.804. The van der Waals surface area contributed by atoms with Crippen molar-refractivity contribution in [1.29, 1.82) is 0 Å². The maximum absolute atomic E-state index is 4.56. The Morgan fingerprint density at radius 3 is 2.83 bits per heavy atom. The van der Waals surface area contributed by atoms with Crippen LogP contribution in [-0.4, -0.2) is 21.6 Å². The average molecular weight is 302 g/mol. The first-order chi connectivity index (χ1) is 11.2. The highest BCUT2D eigenvalue weighted by molar-refractivity contribution is 5.86. The number of benzene rings is 2. The number of hydrogen-bond acceptors (Lipinski definition) is 3. The summed E-state index contributed by atoms with van der Waals surface area (Å²) in [6.07, 6.45) is 3.69. The third-order valence-electron chi connectivity index (χ3n) is 4.14. The van der Waals surface area contributed by atoms with Crippen molar-refractivity contribution in [2.75, 3.05) is 11.9 Å². The summed E-state index contributed by atoms with van der Waals surface area (Å²) in [6.45, 7) is 2.81. The van der Waals surface area contributed by atoms with E-state index in [-0.39, 0.29) is 0 Å². The highest BCUT2D eigenvalue weighted by Crippen LogP contribution is 2.24. The van der Waals surface area contributed by atoms with E-state index in [4.69, 9.17) is 0 Å². The van der Waals surface area contributed by atoms with E-state index in [1.165, 1.54) is 16.3 Å². The van der Waals surface area contributed by atoms with Gasteiger partial charge in [-0.15, -0.1) is 0 Å². The number of hydrogen-bond donors (Lipinski definition) is 0. The lowest BCUT2D eigenvalue weighted by atomic mass is 10.0. The van der Waals surface area contributed by atoms with Crippen molar-refractivity contribution in [3.63, 3.8) is 0 Å². The normalized spacial score (nSPS) is 11.2. The lowest BCUT2D eigenvalue weighted by Gasteiger charge is -2.20. The second-order valence-electron chi connectivity index (χ2n) is 5.86. The molecular weight excluding hydrogens is 284 g/mol. The van der Waals surface area contributed by atoms with Gasteiger partial charge in [0.25, 0.3) is 0 Å². The van der Waals surface area contributed by atoms with Gasteiger partial charge < -0.3 is 4.90 Å². The third kappa shape index (κ3) is 2.42. The molecule has 23 heavy (non-hydrogen) atoms. The van der Waals surface area contributed by atoms with Gasteiger partial charge in [-0.1, -0.05) is 42.5 Å². The zero-order chi connectivity index (χ0) is 15.8. The molecule has 0 amide bonds. The van der Waals surface area contributed by atoms with Crippen molar-refractivity contribution in [2.45, 2.75) is 13.5 Å². The lowest BCUT2D eigenvalue weighted by molar-refractivity contribution is 0.875. The van der Waals surface area contributed by atoms with Crippen molar-refractivity contribution in [3.05, 3.63) is 72.2 Å². The molecule has 0 fully saturated rings. The molecule has 2 aromatic heterocycles. The molecule has 0 spiro atoms. The van der Waals surface area contributed by atoms with Crippen molar-refractivity contribution in [2.24, 2.45) is 0 Å². The molecule has 4 rings (SSSR count). The largest absolute Gasteiger partial charge is 0.354 e. The monoisotopic (exact) mass is 302 g/mol. The van der Waals surface area contributed by atoms with Gasteiger partial charge in [0.05, 0.1) is 5.69 Å². The number of aromatic nitrogens is 3. The van der Waals surface area contributed by atoms with Crippen LogP contribution >= 0.6 is 0 Å². The van der Waals surface area contributed by atoms with E-state index in [9.17, 15) is 0 Å². The van der Waals surface area contributed by atoms with Crippen LogP contribution in [0.15, 0.2) is 60.9 Å². The summed E-state index contributed by atoms with van der Waals surface area (Å²) < 4.78 is 1.89. The predicted molar refractivity (Wildman–Crippen MR) is 93.8 cm³/mol. The van der Waals surface area contributed by atoms with Crippen molar-refractivity contribution in [1.82, 2.24) is 14.6 Å². The minimum Gasteiger partial charge on any atom is -0.354 e. The molecule has 2 heterocycles. The second-order valence-corrected chi connectivity index (χ2v) is 5.86. The van der Waals surface area contributed by atoms with Gasteiger partial charge in [-0.2, -0.15) is 5.10 Å². The molecule has 0 unspecified atom stereocenters. The Balaban J connectivity index is 1.75. The van der Waals surface area contributed by atoms with Gasteiger partial charge >= 0.3 is 0 Å². The highest BCUT2D eigenvalue weighted by Gasteiger charge is 2.11. The number of anilines is 1. The van der Waals surface area contributed by atoms with Gasteiger partial charge in [0.15, 0.2) is 5.82 Å². The molecule has 0 radical (unpaired) electrons. The Morgan fingerprint density at radius 1 is 1.09 bits per heavy atom. The minimum atomic E-state index is 0.804. The fourth-order valence-electron chi connectivity index (χ4n) is 3.09. The van der Waals surface area contributed by atoms with E-state index >= 15 is 0 Å². The Morgan fingerprint density at radius 2 is 1.91 bits per heavy atom. The van der Waals surface area contributed by atoms with E-state index in [2.05, 4.69) is 70.6 Å². The van der Waals surface area contributed by atoms with E-state index in [0.717, 1.165) is 23.6 Å². The highest BCUT2D eigenvalue weighted by atomic mass is 15.3. The molecule has 0 saturated carbocycles. The van der Waals surface area contributed by atoms with Gasteiger partial charge in [0.2, 0.25) is 0 Å². The summed E-state index contributed by atoms with van der Waals surface area (Å²) in [7, 11) is 2.08. The van der Waals surface area contributed by atoms with Gasteiger partial charge in [0.1, 0.15) is 5.52 Å². The van der Waals surface area contributed by atoms with Gasteiger partial charge in [0, 0.05) is 26.0 Å². The lowest BCUT2D eigenvalue weighted by Crippen LogP contribution is -2.18. The van der Waals surface area contributed by atoms with Gasteiger partial charge in [-0.3, -0.25) is 0 Å². The number of rotatable bonds is 3. The molecule has 0 aliphatic rings. The SMILES string of the molecule is Cc1cc2c(N(C)Cc3cccc4ccccc34)nccn2n1. The summed E-state index contributed by atoms with van der Waals surface area (Å²) in [5.74, 6) is 0.945. The summed E-state index contributed by atoms with van der Waals surface area (Å²) >= 11 is 0. The summed E-state index contributed by atoms with van der Waals surface area (Å²) in [5.41, 5.74) is 3.33. The third-order valence-corrected chi connectivity index (χ3v) is 4.14. The maximum atomic E-state index is 4.56. The van der Waals surface area contributed by atoms with Crippen molar-refractivity contribution >= 4 is 22.1 Å². The zero-order valence-corrected chi connectivity index (χ0v) is 13.3. The van der Waals surface area contributed by atoms with Crippen LogP contribution in [0.2, 0.25) is 0 Å². The predicted octanol–water partition coefficient (Wildman–Crippen LogP) is 3.83. The Hall–Kier alpha value is -2.88. The van der Waals surface area contributed by atoms with E-state index < -0.39 is 0 Å². The van der Waals surface area contributed by atoms with Crippen LogP contribution in [0.25, 0.3) is 16.3 Å². The fourth-order valence-corrected chi connectivity index (χ4v) is 3.09. The van der Waals surface area contributed by atoms with Crippen LogP contribution < -0.4 is 4.90 Å². The van der Waals surface area contributed by atoms with Crippen LogP contribution in [0, 0.1) is 6.92 Å². The zero-order valence-electron chi connectivity index (χ0n) is 13.3. The van der Waals surface area contributed by atoms with Crippen molar-refractivity contribution in [3.8, 4) is 0 Å². The second kappa shape index (κ2) is 5.39. The average Bonchev–Trinajstić information content (AvgIpc) is 2.95. The Bertz CT molecular complexity index is 982. The Kier molecular flexibility index (Phi) is 3.23. The van der Waals surface area contributed by atoms with Crippen LogP contribution in [0.1, 0.15) is 11.3 Å². The first kappa shape index (κ1) is 13.8. The van der Waals surface area contributed by atoms with E-state index in [0.29, 0.717) is 0 Å². The van der Waals surface area contributed by atoms with Crippen LogP contribution in [0.5, 0.6) is 0 Å². The fraction of sp³-hybridized carbons (Fsp3) is 0.158. The molecule has 0 atom stereocenters. The smallest absolute Gasteiger partial charge is 0.154 e. The van der Waals surface area contributed by atoms with Crippen LogP contribution in [0.4, 0.5) is 5.82 Å². The maximum Gasteiger partial charge on any atom is 0.154 e. The van der Waals surface area contributed by atoms with E-state index in [1.807, 2.05) is 17.6 Å². The number of nitrogens with zero attached hydrogens (tertiary/aromatic N) is 4. The molecule has 114 valence electrons. The first-order valence-electron chi connectivity index (χ1n) is 7.71. The van der Waals surface area contributed by atoms with Crippen LogP contribution in [0.3, 0.4) is 0 Å². The van der Waals surface area contributed by atoms with Crippen LogP contribution in [-0.2, 0) is 6.54 Å². The molecule has 2 aromatic carbocycles. The quantitative estimate of drug-likeness (QED) is 0.577. The summed E-state index contributed by atoms with van der Waals surface area (Å²) in [4.78, 5) is 6.74. The van der Waals surface area contributed by atoms with Crippen molar-refractivity contribution < 1.29 is 0 Å². The molecule has 4 heteroatoms. The Labute approximate surface area is 135 Å². The summed E-state index contributed by atoms with van der Waals surface area (Å²) in [5, 5.41) is 7.02. The van der Waals surface area contributed by atoms with Gasteiger partial charge in [-0.05, 0) is 29.3 Å². The molecule has 0 N–H and O–H groups in total. The topological polar surface area (TPSA) is 33.4 Å². The molecule has 0 bridgehead atoms. The standard InChI is InChI=1S/C19H18N4/c1-14-12-18-19(20-10-11-23(18)21-14)22(2)13-16-8-5-7-15-6-3-4-9-17(15)16/h3-12H,13H2,1-2H3. The first-order valence-corrected chi connectivity index (χ1v) is 7.71. The molecule has 0 aliphatic carbocycles. The molecule has 4 aromatic rings. The molecule has 4 nitrogen and oxygen atoms in total. The number of fused-ring (bicyclic) bond motifs is 2. The summed E-state index contributed by atoms with van der Waals surface area (Å²) in [6, 6.07) is 17.0. The van der Waals surface area contributed by atoms with Gasteiger partial charge in [-0.25, -0.2) is 9.50 Å². The molecule has 0 aliphatic heterocycles. The number of aryl methyl sites for hydroxylation is 1.